The fraction of sp³-hybridized carbons (Fsp3) is 0.111. The van der Waals surface area contributed by atoms with Gasteiger partial charge in [-0.1, -0.05) is 6.07 Å². The first-order valence-corrected chi connectivity index (χ1v) is 4.54. The molecule has 1 aromatic carbocycles. The zero-order chi connectivity index (χ0) is 11.3. The van der Waals surface area contributed by atoms with Crippen molar-refractivity contribution >= 4 is 23.5 Å². The summed E-state index contributed by atoms with van der Waals surface area (Å²) in [5, 5.41) is 11.5. The minimum absolute atomic E-state index is 0. The van der Waals surface area contributed by atoms with Crippen LogP contribution in [0.1, 0.15) is 5.56 Å². The summed E-state index contributed by atoms with van der Waals surface area (Å²) in [6, 6.07) is 5.21. The summed E-state index contributed by atoms with van der Waals surface area (Å²) in [6.45, 7) is 0. The van der Waals surface area contributed by atoms with Gasteiger partial charge < -0.3 is 25.8 Å². The molecule has 0 aliphatic carbocycles. The van der Waals surface area contributed by atoms with Crippen molar-refractivity contribution < 1.29 is 34.8 Å². The monoisotopic (exact) mass is 307 g/mol. The molecule has 0 saturated heterocycles. The summed E-state index contributed by atoms with van der Waals surface area (Å²) in [6.07, 6.45) is 1.42. The summed E-state index contributed by atoms with van der Waals surface area (Å²) in [4.78, 5) is 0. The van der Waals surface area contributed by atoms with Crippen molar-refractivity contribution in [1.82, 2.24) is 0 Å². The number of methoxy groups -OCH3 is 1. The van der Waals surface area contributed by atoms with Crippen LogP contribution in [0.4, 0.5) is 0 Å². The quantitative estimate of drug-likeness (QED) is 0.211. The first kappa shape index (κ1) is 18.3. The number of nitrogens with two attached hydrogens (primary N) is 1. The van der Waals surface area contributed by atoms with Crippen molar-refractivity contribution in [3.05, 3.63) is 29.2 Å². The van der Waals surface area contributed by atoms with Crippen LogP contribution in [0, 0.1) is 0 Å². The predicted molar refractivity (Wildman–Crippen MR) is 66.9 cm³/mol. The number of hydrogen-bond acceptors (Lipinski definition) is 3. The first-order chi connectivity index (χ1) is 7.15. The zero-order valence-corrected chi connectivity index (χ0v) is 13.2. The maximum absolute atomic E-state index is 7.72. The SMILES string of the molecule is COc1cccc(C=N[N-]C(N)=[SH+])c1[OH2+].[OH-].[Zn+2]. The Balaban J connectivity index is 0. The number of ether oxygens (including phenoxy) is 1. The van der Waals surface area contributed by atoms with E-state index in [0.29, 0.717) is 11.3 Å². The van der Waals surface area contributed by atoms with E-state index in [1.165, 1.54) is 13.3 Å². The van der Waals surface area contributed by atoms with E-state index < -0.39 is 0 Å². The Bertz CT molecular complexity index is 401. The average Bonchev–Trinajstić information content (AvgIpc) is 2.20. The van der Waals surface area contributed by atoms with Crippen LogP contribution < -0.4 is 10.5 Å². The van der Waals surface area contributed by atoms with Gasteiger partial charge in [0.2, 0.25) is 5.75 Å². The summed E-state index contributed by atoms with van der Waals surface area (Å²) in [7, 11) is 1.51. The standard InChI is InChI=1S/C9H11N3O2S.H2O.Zn/c1-14-7-4-2-3-6(8(7)13)5-11-12-9(10)15;;/h2-5H,1H3,(H4,10,11,12,13,15);1H2;/q;;+2. The third-order valence-electron chi connectivity index (χ3n) is 1.64. The van der Waals surface area contributed by atoms with Gasteiger partial charge in [0.25, 0.3) is 0 Å². The number of hydrogen-bond donors (Lipinski definition) is 1. The molecule has 0 saturated carbocycles. The molecule has 17 heavy (non-hydrogen) atoms. The van der Waals surface area contributed by atoms with Crippen LogP contribution in [-0.2, 0) is 31.7 Å². The van der Waals surface area contributed by atoms with Crippen LogP contribution in [0.2, 0.25) is 0 Å². The second-order valence-electron chi connectivity index (χ2n) is 2.63. The van der Waals surface area contributed by atoms with E-state index in [1.807, 2.05) is 0 Å². The molecular formula is C9H13N3O3SZn+2. The maximum atomic E-state index is 7.72. The van der Waals surface area contributed by atoms with Crippen molar-refractivity contribution in [2.24, 2.45) is 10.8 Å². The number of rotatable bonds is 3. The van der Waals surface area contributed by atoms with Gasteiger partial charge in [-0.2, -0.15) is 0 Å². The van der Waals surface area contributed by atoms with Gasteiger partial charge in [-0.05, 0) is 12.1 Å². The Morgan fingerprint density at radius 2 is 2.24 bits per heavy atom. The number of thiol groups is 1. The van der Waals surface area contributed by atoms with Gasteiger partial charge in [-0.3, -0.25) is 5.73 Å². The second-order valence-corrected chi connectivity index (χ2v) is 3.09. The van der Waals surface area contributed by atoms with Gasteiger partial charge in [0.15, 0.2) is 17.3 Å². The molecule has 0 heterocycles. The Labute approximate surface area is 117 Å². The minimum Gasteiger partial charge on any atom is -0.870 e. The smallest absolute Gasteiger partial charge is 0.870 e. The van der Waals surface area contributed by atoms with E-state index in [2.05, 4.69) is 22.7 Å². The van der Waals surface area contributed by atoms with Crippen LogP contribution in [0.15, 0.2) is 23.3 Å². The van der Waals surface area contributed by atoms with E-state index in [9.17, 15) is 0 Å². The van der Waals surface area contributed by atoms with Gasteiger partial charge in [-0.25, -0.2) is 0 Å². The molecule has 0 atom stereocenters. The second kappa shape index (κ2) is 9.01. The first-order valence-electron chi connectivity index (χ1n) is 4.09. The fourth-order valence-corrected chi connectivity index (χ4v) is 1.03. The molecule has 1 aromatic rings. The fourth-order valence-electron chi connectivity index (χ4n) is 0.976. The predicted octanol–water partition coefficient (Wildman–Crippen LogP) is -0.0133. The minimum atomic E-state index is 0. The average molecular weight is 309 g/mol. The van der Waals surface area contributed by atoms with Gasteiger partial charge in [-0.15, -0.1) is 0 Å². The van der Waals surface area contributed by atoms with Gasteiger partial charge >= 0.3 is 25.2 Å². The molecule has 0 amide bonds. The van der Waals surface area contributed by atoms with E-state index >= 15 is 0 Å². The summed E-state index contributed by atoms with van der Waals surface area (Å²) in [5.74, 6) is 0.749. The maximum Gasteiger partial charge on any atom is 2.00 e. The third-order valence-corrected chi connectivity index (χ3v) is 1.72. The molecule has 0 bridgehead atoms. The molecule has 6 nitrogen and oxygen atoms in total. The van der Waals surface area contributed by atoms with Gasteiger partial charge in [0.05, 0.1) is 12.7 Å². The molecule has 0 fully saturated rings. The molecule has 8 heteroatoms. The Morgan fingerprint density at radius 1 is 1.59 bits per heavy atom. The molecule has 88 valence electrons. The van der Waals surface area contributed by atoms with Crippen LogP contribution in [0.5, 0.6) is 11.5 Å². The molecule has 0 aromatic heterocycles. The van der Waals surface area contributed by atoms with E-state index in [0.717, 1.165) is 0 Å². The number of benzene rings is 1. The molecule has 0 spiro atoms. The topological polar surface area (TPSA) is 115 Å². The summed E-state index contributed by atoms with van der Waals surface area (Å²) < 4.78 is 4.99. The zero-order valence-electron chi connectivity index (χ0n) is 9.29. The van der Waals surface area contributed by atoms with E-state index in [-0.39, 0.29) is 35.8 Å². The molecule has 1 rings (SSSR count). The van der Waals surface area contributed by atoms with Crippen molar-refractivity contribution in [2.75, 3.05) is 7.11 Å². The third kappa shape index (κ3) is 5.69. The van der Waals surface area contributed by atoms with Crippen molar-refractivity contribution in [1.29, 1.82) is 0 Å². The molecule has 0 unspecified atom stereocenters. The molecule has 0 radical (unpaired) electrons. The normalized spacial score (nSPS) is 9.06. The molecular weight excluding hydrogens is 296 g/mol. The number of para-hydroxylation sites is 1. The van der Waals surface area contributed by atoms with E-state index in [4.69, 9.17) is 15.6 Å². The Kier molecular flexibility index (Phi) is 9.69. The van der Waals surface area contributed by atoms with Gasteiger partial charge in [0, 0.05) is 6.21 Å². The van der Waals surface area contributed by atoms with Crippen molar-refractivity contribution in [3.63, 3.8) is 0 Å². The summed E-state index contributed by atoms with van der Waals surface area (Å²) in [5.41, 5.74) is 9.30. The molecule has 0 aliphatic heterocycles. The Hall–Kier alpha value is -1.08. The molecule has 0 aliphatic rings. The van der Waals surface area contributed by atoms with Gasteiger partial charge in [0.1, 0.15) is 0 Å². The van der Waals surface area contributed by atoms with E-state index in [1.54, 1.807) is 18.2 Å². The van der Waals surface area contributed by atoms with Crippen LogP contribution in [0.3, 0.4) is 0 Å². The Morgan fingerprint density at radius 3 is 2.76 bits per heavy atom. The van der Waals surface area contributed by atoms with Crippen molar-refractivity contribution in [2.45, 2.75) is 0 Å². The largest absolute Gasteiger partial charge is 2.00 e. The van der Waals surface area contributed by atoms with Crippen molar-refractivity contribution in [3.8, 4) is 11.5 Å². The molecule has 5 N–H and O–H groups in total. The van der Waals surface area contributed by atoms with Crippen LogP contribution in [0.25, 0.3) is 5.43 Å². The number of nitrogens with zero attached hydrogens (tertiary/aromatic N) is 2. The summed E-state index contributed by atoms with van der Waals surface area (Å²) >= 11 is 3.75. The van der Waals surface area contributed by atoms with Crippen LogP contribution in [-0.4, -0.2) is 29.0 Å². The van der Waals surface area contributed by atoms with Crippen LogP contribution >= 0.6 is 0 Å².